The Hall–Kier alpha value is -2.22. The highest BCUT2D eigenvalue weighted by Crippen LogP contribution is 2.37. The monoisotopic (exact) mass is 318 g/mol. The predicted octanol–water partition coefficient (Wildman–Crippen LogP) is 0.807. The first-order valence-electron chi connectivity index (χ1n) is 7.07. The summed E-state index contributed by atoms with van der Waals surface area (Å²) in [5.41, 5.74) is 1.03. The molecule has 1 aliphatic carbocycles. The molecule has 1 aliphatic heterocycles. The van der Waals surface area contributed by atoms with E-state index in [9.17, 15) is 13.2 Å². The van der Waals surface area contributed by atoms with Gasteiger partial charge < -0.3 is 9.88 Å². The van der Waals surface area contributed by atoms with Gasteiger partial charge in [-0.25, -0.2) is 18.4 Å². The van der Waals surface area contributed by atoms with Crippen molar-refractivity contribution in [2.24, 2.45) is 0 Å². The molecule has 1 N–H and O–H groups in total. The molecule has 1 atom stereocenters. The molecule has 2 aromatic rings. The Morgan fingerprint density at radius 3 is 2.82 bits per heavy atom. The largest absolute Gasteiger partial charge is 0.343 e. The van der Waals surface area contributed by atoms with Gasteiger partial charge in [-0.05, 0) is 25.0 Å². The first kappa shape index (κ1) is 13.4. The van der Waals surface area contributed by atoms with Crippen molar-refractivity contribution in [3.63, 3.8) is 0 Å². The standard InChI is InChI=1S/C14H14N4O3S/c19-14(17-9-4-6-22(20,21)7-9)12-11-3-5-18(10-1-2-10)13(11)16-8-15-12/h3-6,8-10H,1-2,7H2,(H,17,19). The highest BCUT2D eigenvalue weighted by Gasteiger charge is 2.28. The van der Waals surface area contributed by atoms with E-state index >= 15 is 0 Å². The number of nitrogens with one attached hydrogen (secondary N) is 1. The fraction of sp³-hybridized carbons (Fsp3) is 0.357. The predicted molar refractivity (Wildman–Crippen MR) is 80.0 cm³/mol. The van der Waals surface area contributed by atoms with Crippen molar-refractivity contribution in [1.29, 1.82) is 0 Å². The summed E-state index contributed by atoms with van der Waals surface area (Å²) in [5.74, 6) is -0.483. The van der Waals surface area contributed by atoms with E-state index in [-0.39, 0.29) is 17.4 Å². The number of aromatic nitrogens is 3. The zero-order valence-corrected chi connectivity index (χ0v) is 12.5. The van der Waals surface area contributed by atoms with Gasteiger partial charge in [-0.2, -0.15) is 0 Å². The molecular formula is C14H14N4O3S. The van der Waals surface area contributed by atoms with Gasteiger partial charge in [-0.15, -0.1) is 0 Å². The molecule has 22 heavy (non-hydrogen) atoms. The molecule has 3 heterocycles. The zero-order valence-electron chi connectivity index (χ0n) is 11.6. The summed E-state index contributed by atoms with van der Waals surface area (Å²) in [6, 6.07) is 1.79. The molecule has 7 nitrogen and oxygen atoms in total. The van der Waals surface area contributed by atoms with Gasteiger partial charge in [-0.3, -0.25) is 4.79 Å². The average Bonchev–Trinajstić information content (AvgIpc) is 3.13. The molecule has 0 spiro atoms. The lowest BCUT2D eigenvalue weighted by atomic mass is 10.2. The lowest BCUT2D eigenvalue weighted by Gasteiger charge is -2.10. The Morgan fingerprint density at radius 1 is 1.32 bits per heavy atom. The van der Waals surface area contributed by atoms with Crippen molar-refractivity contribution < 1.29 is 13.2 Å². The molecule has 2 aliphatic rings. The molecule has 8 heteroatoms. The molecule has 0 bridgehead atoms. The van der Waals surface area contributed by atoms with Crippen LogP contribution in [0, 0.1) is 0 Å². The lowest BCUT2D eigenvalue weighted by molar-refractivity contribution is 0.0944. The van der Waals surface area contributed by atoms with Gasteiger partial charge in [0.2, 0.25) is 0 Å². The van der Waals surface area contributed by atoms with Gasteiger partial charge in [0.05, 0.1) is 17.2 Å². The van der Waals surface area contributed by atoms with E-state index in [0.29, 0.717) is 11.4 Å². The molecule has 2 aromatic heterocycles. The summed E-state index contributed by atoms with van der Waals surface area (Å²) in [4.78, 5) is 20.7. The van der Waals surface area contributed by atoms with Crippen molar-refractivity contribution in [3.05, 3.63) is 35.8 Å². The summed E-state index contributed by atoms with van der Waals surface area (Å²) in [5, 5.41) is 4.52. The fourth-order valence-corrected chi connectivity index (χ4v) is 3.94. The second-order valence-corrected chi connectivity index (χ2v) is 7.58. The summed E-state index contributed by atoms with van der Waals surface area (Å²) < 4.78 is 24.8. The number of amides is 1. The van der Waals surface area contributed by atoms with E-state index in [4.69, 9.17) is 0 Å². The number of carbonyl (C=O) groups excluding carboxylic acids is 1. The van der Waals surface area contributed by atoms with Gasteiger partial charge in [0, 0.05) is 17.6 Å². The van der Waals surface area contributed by atoms with Crippen LogP contribution < -0.4 is 5.32 Å². The Bertz CT molecular complexity index is 896. The zero-order chi connectivity index (χ0) is 15.3. The number of fused-ring (bicyclic) bond motifs is 1. The molecule has 1 unspecified atom stereocenters. The molecule has 0 saturated heterocycles. The highest BCUT2D eigenvalue weighted by atomic mass is 32.2. The SMILES string of the molecule is O=C(NC1C=CS(=O)(=O)C1)c1ncnc2c1ccn2C1CC1. The number of hydrogen-bond donors (Lipinski definition) is 1. The van der Waals surface area contributed by atoms with E-state index in [1.807, 2.05) is 12.3 Å². The van der Waals surface area contributed by atoms with Gasteiger partial charge in [0.15, 0.2) is 9.84 Å². The van der Waals surface area contributed by atoms with Crippen LogP contribution in [0.3, 0.4) is 0 Å². The molecule has 0 aromatic carbocycles. The van der Waals surface area contributed by atoms with E-state index in [1.165, 1.54) is 12.4 Å². The quantitative estimate of drug-likeness (QED) is 0.903. The first-order valence-corrected chi connectivity index (χ1v) is 8.78. The van der Waals surface area contributed by atoms with Crippen molar-refractivity contribution >= 4 is 26.8 Å². The normalized spacial score (nSPS) is 23.0. The number of hydrogen-bond acceptors (Lipinski definition) is 5. The van der Waals surface area contributed by atoms with Crippen LogP contribution in [0.2, 0.25) is 0 Å². The topological polar surface area (TPSA) is 93.9 Å². The van der Waals surface area contributed by atoms with Crippen LogP contribution >= 0.6 is 0 Å². The molecular weight excluding hydrogens is 304 g/mol. The number of carbonyl (C=O) groups is 1. The van der Waals surface area contributed by atoms with Gasteiger partial charge in [-0.1, -0.05) is 0 Å². The number of nitrogens with zero attached hydrogens (tertiary/aromatic N) is 3. The number of sulfone groups is 1. The Labute approximate surface area is 127 Å². The smallest absolute Gasteiger partial charge is 0.271 e. The second kappa shape index (κ2) is 4.64. The van der Waals surface area contributed by atoms with Crippen molar-refractivity contribution in [2.45, 2.75) is 24.9 Å². The minimum Gasteiger partial charge on any atom is -0.343 e. The second-order valence-electron chi connectivity index (χ2n) is 5.65. The van der Waals surface area contributed by atoms with E-state index in [0.717, 1.165) is 23.9 Å². The maximum Gasteiger partial charge on any atom is 0.271 e. The van der Waals surface area contributed by atoms with E-state index < -0.39 is 15.9 Å². The van der Waals surface area contributed by atoms with Crippen LogP contribution in [-0.2, 0) is 9.84 Å². The van der Waals surface area contributed by atoms with Crippen LogP contribution in [0.1, 0.15) is 29.4 Å². The van der Waals surface area contributed by atoms with Gasteiger partial charge in [0.25, 0.3) is 5.91 Å². The molecule has 1 fully saturated rings. The summed E-state index contributed by atoms with van der Waals surface area (Å²) in [6.45, 7) is 0. The molecule has 114 valence electrons. The first-order chi connectivity index (χ1) is 10.5. The minimum atomic E-state index is -3.20. The van der Waals surface area contributed by atoms with E-state index in [1.54, 1.807) is 0 Å². The summed E-state index contributed by atoms with van der Waals surface area (Å²) in [7, 11) is -3.20. The van der Waals surface area contributed by atoms with Gasteiger partial charge in [0.1, 0.15) is 17.7 Å². The van der Waals surface area contributed by atoms with Crippen molar-refractivity contribution in [3.8, 4) is 0 Å². The fourth-order valence-electron chi connectivity index (χ4n) is 2.70. The minimum absolute atomic E-state index is 0.101. The Kier molecular flexibility index (Phi) is 2.83. The maximum atomic E-state index is 12.4. The third kappa shape index (κ3) is 2.29. The maximum absolute atomic E-state index is 12.4. The molecule has 4 rings (SSSR count). The summed E-state index contributed by atoms with van der Waals surface area (Å²) >= 11 is 0. The Balaban J connectivity index is 1.63. The molecule has 0 radical (unpaired) electrons. The highest BCUT2D eigenvalue weighted by molar-refractivity contribution is 7.94. The third-order valence-electron chi connectivity index (χ3n) is 3.91. The summed E-state index contributed by atoms with van der Waals surface area (Å²) in [6.07, 6.45) is 7.03. The third-order valence-corrected chi connectivity index (χ3v) is 5.31. The average molecular weight is 318 g/mol. The van der Waals surface area contributed by atoms with Crippen molar-refractivity contribution in [2.75, 3.05) is 5.75 Å². The van der Waals surface area contributed by atoms with Crippen LogP contribution in [0.5, 0.6) is 0 Å². The van der Waals surface area contributed by atoms with E-state index in [2.05, 4.69) is 19.9 Å². The van der Waals surface area contributed by atoms with Crippen molar-refractivity contribution in [1.82, 2.24) is 19.9 Å². The lowest BCUT2D eigenvalue weighted by Crippen LogP contribution is -2.36. The molecule has 1 saturated carbocycles. The molecule has 1 amide bonds. The van der Waals surface area contributed by atoms with Gasteiger partial charge >= 0.3 is 0 Å². The van der Waals surface area contributed by atoms with Crippen LogP contribution in [0.15, 0.2) is 30.1 Å². The van der Waals surface area contributed by atoms with Crippen LogP contribution in [0.4, 0.5) is 0 Å². The Morgan fingerprint density at radius 2 is 2.14 bits per heavy atom. The van der Waals surface area contributed by atoms with Crippen LogP contribution in [0.25, 0.3) is 11.0 Å². The van der Waals surface area contributed by atoms with Crippen LogP contribution in [-0.4, -0.2) is 40.7 Å². The number of rotatable bonds is 3.